The van der Waals surface area contributed by atoms with Gasteiger partial charge in [-0.25, -0.2) is 4.98 Å². The van der Waals surface area contributed by atoms with Gasteiger partial charge in [-0.2, -0.15) is 0 Å². The van der Waals surface area contributed by atoms with Crippen LogP contribution in [0, 0.1) is 0 Å². The molecule has 1 aromatic rings. The molecule has 0 radical (unpaired) electrons. The highest BCUT2D eigenvalue weighted by molar-refractivity contribution is 5.98. The van der Waals surface area contributed by atoms with E-state index in [9.17, 15) is 4.79 Å². The molecule has 0 bridgehead atoms. The number of anilines is 2. The van der Waals surface area contributed by atoms with Gasteiger partial charge in [-0.05, 0) is 18.9 Å². The van der Waals surface area contributed by atoms with Crippen molar-refractivity contribution in [2.45, 2.75) is 26.7 Å². The molecule has 0 spiro atoms. The van der Waals surface area contributed by atoms with Gasteiger partial charge in [0, 0.05) is 13.1 Å². The van der Waals surface area contributed by atoms with Gasteiger partial charge in [0.2, 0.25) is 0 Å². The first-order chi connectivity index (χ1) is 8.10. The molecular formula is C12H20N4O. The zero-order valence-corrected chi connectivity index (χ0v) is 10.4. The fraction of sp³-hybridized carbons (Fsp3) is 0.500. The number of pyridine rings is 1. The van der Waals surface area contributed by atoms with Crippen LogP contribution in [0.5, 0.6) is 0 Å². The third-order valence-corrected chi connectivity index (χ3v) is 2.44. The van der Waals surface area contributed by atoms with Crippen LogP contribution in [0.3, 0.4) is 0 Å². The molecule has 1 aromatic heterocycles. The van der Waals surface area contributed by atoms with Crippen molar-refractivity contribution in [3.8, 4) is 0 Å². The molecule has 0 unspecified atom stereocenters. The Hall–Kier alpha value is -1.78. The largest absolute Gasteiger partial charge is 0.397 e. The van der Waals surface area contributed by atoms with Crippen LogP contribution in [-0.4, -0.2) is 24.0 Å². The molecule has 0 fully saturated rings. The lowest BCUT2D eigenvalue weighted by Gasteiger charge is -2.24. The zero-order valence-electron chi connectivity index (χ0n) is 10.4. The Morgan fingerprint density at radius 3 is 2.41 bits per heavy atom. The second kappa shape index (κ2) is 6.08. The van der Waals surface area contributed by atoms with E-state index < -0.39 is 5.91 Å². The molecule has 0 aliphatic rings. The minimum absolute atomic E-state index is 0.395. The number of aromatic nitrogens is 1. The molecule has 1 amide bonds. The van der Waals surface area contributed by atoms with Gasteiger partial charge in [0.1, 0.15) is 5.82 Å². The molecule has 0 aromatic carbocycles. The lowest BCUT2D eigenvalue weighted by molar-refractivity contribution is 0.100. The van der Waals surface area contributed by atoms with Gasteiger partial charge in [0.15, 0.2) is 0 Å². The summed E-state index contributed by atoms with van der Waals surface area (Å²) in [6.07, 6.45) is 3.54. The van der Waals surface area contributed by atoms with Crippen LogP contribution in [0.15, 0.2) is 12.3 Å². The average Bonchev–Trinajstić information content (AvgIpc) is 2.28. The first kappa shape index (κ1) is 13.3. The molecule has 0 saturated heterocycles. The number of nitrogens with two attached hydrogens (primary N) is 2. The van der Waals surface area contributed by atoms with E-state index in [0.717, 1.165) is 25.9 Å². The lowest BCUT2D eigenvalue weighted by Crippen LogP contribution is -2.29. The summed E-state index contributed by atoms with van der Waals surface area (Å²) >= 11 is 0. The standard InChI is InChI=1S/C12H20N4O/c1-3-5-16(6-4-2)12-10(11(14)17)7-9(13)8-15-12/h7-8H,3-6,13H2,1-2H3,(H2,14,17). The lowest BCUT2D eigenvalue weighted by atomic mass is 10.2. The number of hydrogen-bond donors (Lipinski definition) is 2. The van der Waals surface area contributed by atoms with Crippen LogP contribution in [-0.2, 0) is 0 Å². The third-order valence-electron chi connectivity index (χ3n) is 2.44. The highest BCUT2D eigenvalue weighted by Crippen LogP contribution is 2.20. The number of rotatable bonds is 6. The van der Waals surface area contributed by atoms with Crippen LogP contribution >= 0.6 is 0 Å². The first-order valence-electron chi connectivity index (χ1n) is 5.90. The third kappa shape index (κ3) is 3.34. The maximum Gasteiger partial charge on any atom is 0.252 e. The minimum atomic E-state index is -0.489. The van der Waals surface area contributed by atoms with Gasteiger partial charge in [0.05, 0.1) is 17.4 Å². The molecular weight excluding hydrogens is 216 g/mol. The Balaban J connectivity index is 3.12. The highest BCUT2D eigenvalue weighted by atomic mass is 16.1. The summed E-state index contributed by atoms with van der Waals surface area (Å²) in [4.78, 5) is 17.7. The first-order valence-corrected chi connectivity index (χ1v) is 5.90. The van der Waals surface area contributed by atoms with Gasteiger partial charge < -0.3 is 16.4 Å². The van der Waals surface area contributed by atoms with Crippen molar-refractivity contribution < 1.29 is 4.79 Å². The number of hydrogen-bond acceptors (Lipinski definition) is 4. The number of carbonyl (C=O) groups excluding carboxylic acids is 1. The van der Waals surface area contributed by atoms with E-state index in [0.29, 0.717) is 17.1 Å². The summed E-state index contributed by atoms with van der Waals surface area (Å²) in [6, 6.07) is 1.59. The fourth-order valence-electron chi connectivity index (χ4n) is 1.77. The number of carbonyl (C=O) groups is 1. The Morgan fingerprint density at radius 2 is 1.94 bits per heavy atom. The van der Waals surface area contributed by atoms with Crippen molar-refractivity contribution in [2.24, 2.45) is 5.73 Å². The maximum absolute atomic E-state index is 11.4. The normalized spacial score (nSPS) is 10.2. The van der Waals surface area contributed by atoms with E-state index in [-0.39, 0.29) is 0 Å². The summed E-state index contributed by atoms with van der Waals surface area (Å²) in [5.41, 5.74) is 11.8. The van der Waals surface area contributed by atoms with Crippen molar-refractivity contribution >= 4 is 17.4 Å². The highest BCUT2D eigenvalue weighted by Gasteiger charge is 2.15. The summed E-state index contributed by atoms with van der Waals surface area (Å²) in [5.74, 6) is 0.146. The molecule has 0 aliphatic carbocycles. The van der Waals surface area contributed by atoms with Gasteiger partial charge in [0.25, 0.3) is 5.91 Å². The molecule has 4 N–H and O–H groups in total. The molecule has 0 atom stereocenters. The minimum Gasteiger partial charge on any atom is -0.397 e. The molecule has 0 saturated carbocycles. The molecule has 94 valence electrons. The smallest absolute Gasteiger partial charge is 0.252 e. The van der Waals surface area contributed by atoms with Crippen molar-refractivity contribution in [2.75, 3.05) is 23.7 Å². The van der Waals surface area contributed by atoms with Crippen LogP contribution in [0.2, 0.25) is 0 Å². The maximum atomic E-state index is 11.4. The van der Waals surface area contributed by atoms with Gasteiger partial charge in [-0.1, -0.05) is 13.8 Å². The predicted molar refractivity (Wildman–Crippen MR) is 70.0 cm³/mol. The SMILES string of the molecule is CCCN(CCC)c1ncc(N)cc1C(N)=O. The van der Waals surface area contributed by atoms with E-state index >= 15 is 0 Å². The average molecular weight is 236 g/mol. The van der Waals surface area contributed by atoms with E-state index in [1.165, 1.54) is 0 Å². The summed E-state index contributed by atoms with van der Waals surface area (Å²) in [7, 11) is 0. The van der Waals surface area contributed by atoms with Crippen LogP contribution < -0.4 is 16.4 Å². The van der Waals surface area contributed by atoms with Gasteiger partial charge >= 0.3 is 0 Å². The summed E-state index contributed by atoms with van der Waals surface area (Å²) in [6.45, 7) is 5.88. The van der Waals surface area contributed by atoms with Crippen LogP contribution in [0.4, 0.5) is 11.5 Å². The Labute approximate surface area is 102 Å². The van der Waals surface area contributed by atoms with E-state index in [1.807, 2.05) is 0 Å². The number of nitrogen functional groups attached to an aromatic ring is 1. The van der Waals surface area contributed by atoms with Gasteiger partial charge in [-0.15, -0.1) is 0 Å². The Bertz CT molecular complexity index is 386. The summed E-state index contributed by atoms with van der Waals surface area (Å²) < 4.78 is 0. The molecule has 1 heterocycles. The molecule has 5 nitrogen and oxygen atoms in total. The number of amides is 1. The molecule has 17 heavy (non-hydrogen) atoms. The van der Waals surface area contributed by atoms with Crippen molar-refractivity contribution in [1.29, 1.82) is 0 Å². The quantitative estimate of drug-likeness (QED) is 0.781. The number of primary amides is 1. The van der Waals surface area contributed by atoms with Crippen molar-refractivity contribution in [3.63, 3.8) is 0 Å². The van der Waals surface area contributed by atoms with E-state index in [4.69, 9.17) is 11.5 Å². The van der Waals surface area contributed by atoms with E-state index in [1.54, 1.807) is 12.3 Å². The second-order valence-corrected chi connectivity index (χ2v) is 3.99. The van der Waals surface area contributed by atoms with E-state index in [2.05, 4.69) is 23.7 Å². The Kier molecular flexibility index (Phi) is 4.75. The van der Waals surface area contributed by atoms with Gasteiger partial charge in [-0.3, -0.25) is 4.79 Å². The topological polar surface area (TPSA) is 85.2 Å². The fourth-order valence-corrected chi connectivity index (χ4v) is 1.77. The zero-order chi connectivity index (χ0) is 12.8. The second-order valence-electron chi connectivity index (χ2n) is 3.99. The molecule has 5 heteroatoms. The van der Waals surface area contributed by atoms with Crippen molar-refractivity contribution in [1.82, 2.24) is 4.98 Å². The predicted octanol–water partition coefficient (Wildman–Crippen LogP) is 1.39. The van der Waals surface area contributed by atoms with Crippen LogP contribution in [0.1, 0.15) is 37.0 Å². The van der Waals surface area contributed by atoms with Crippen LogP contribution in [0.25, 0.3) is 0 Å². The number of nitrogens with zero attached hydrogens (tertiary/aromatic N) is 2. The molecule has 1 rings (SSSR count). The Morgan fingerprint density at radius 1 is 1.35 bits per heavy atom. The summed E-state index contributed by atoms with van der Waals surface area (Å²) in [5, 5.41) is 0. The van der Waals surface area contributed by atoms with Crippen molar-refractivity contribution in [3.05, 3.63) is 17.8 Å². The molecule has 0 aliphatic heterocycles. The monoisotopic (exact) mass is 236 g/mol.